The number of carbonyl (C=O) groups excluding carboxylic acids is 1. The summed E-state index contributed by atoms with van der Waals surface area (Å²) in [5.74, 6) is -0.366. The summed E-state index contributed by atoms with van der Waals surface area (Å²) in [6, 6.07) is 0. The summed E-state index contributed by atoms with van der Waals surface area (Å²) >= 11 is 0. The zero-order valence-corrected chi connectivity index (χ0v) is 21.2. The second-order valence-electron chi connectivity index (χ2n) is 9.38. The number of hydrogen-bond acceptors (Lipinski definition) is 4. The van der Waals surface area contributed by atoms with Gasteiger partial charge in [0.2, 0.25) is 5.91 Å². The quantitative estimate of drug-likeness (QED) is 0.112. The summed E-state index contributed by atoms with van der Waals surface area (Å²) in [5, 5.41) is 2.88. The first-order valence-corrected chi connectivity index (χ1v) is 13.9. The molecular formula is C24H48N2O4S. The van der Waals surface area contributed by atoms with E-state index in [4.69, 9.17) is 0 Å². The number of allylic oxidation sites excluding steroid dienone is 2. The molecule has 0 aliphatic heterocycles. The van der Waals surface area contributed by atoms with Crippen LogP contribution >= 0.6 is 0 Å². The Labute approximate surface area is 192 Å². The van der Waals surface area contributed by atoms with Crippen LogP contribution in [0.1, 0.15) is 103 Å². The van der Waals surface area contributed by atoms with Gasteiger partial charge in [0, 0.05) is 19.4 Å². The Balaban J connectivity index is 3.46. The van der Waals surface area contributed by atoms with Crippen LogP contribution in [-0.2, 0) is 14.9 Å². The van der Waals surface area contributed by atoms with Gasteiger partial charge >= 0.3 is 0 Å². The fourth-order valence-corrected chi connectivity index (χ4v) is 4.66. The molecule has 0 rings (SSSR count). The van der Waals surface area contributed by atoms with Gasteiger partial charge in [0.15, 0.2) is 5.88 Å². The van der Waals surface area contributed by atoms with Crippen molar-refractivity contribution in [3.05, 3.63) is 12.2 Å². The van der Waals surface area contributed by atoms with E-state index in [1.54, 1.807) is 14.1 Å². The molecule has 0 radical (unpaired) electrons. The molecule has 1 amide bonds. The molecule has 0 saturated heterocycles. The number of rotatable bonds is 21. The molecule has 0 atom stereocenters. The third-order valence-corrected chi connectivity index (χ3v) is 6.45. The largest absolute Gasteiger partial charge is 0.744 e. The van der Waals surface area contributed by atoms with Crippen molar-refractivity contribution in [3.8, 4) is 0 Å². The number of nitrogens with zero attached hydrogens (tertiary/aromatic N) is 1. The van der Waals surface area contributed by atoms with Gasteiger partial charge in [0.1, 0.15) is 10.1 Å². The van der Waals surface area contributed by atoms with Crippen molar-refractivity contribution in [2.24, 2.45) is 0 Å². The summed E-state index contributed by atoms with van der Waals surface area (Å²) in [6.45, 7) is 3.31. The molecular weight excluding hydrogens is 412 g/mol. The van der Waals surface area contributed by atoms with Crippen LogP contribution in [0.5, 0.6) is 0 Å². The van der Waals surface area contributed by atoms with Crippen LogP contribution in [0.4, 0.5) is 0 Å². The molecule has 0 heterocycles. The molecule has 0 aliphatic rings. The number of nitrogens with one attached hydrogen (secondary N) is 1. The van der Waals surface area contributed by atoms with Gasteiger partial charge < -0.3 is 14.4 Å². The topological polar surface area (TPSA) is 86.3 Å². The molecule has 7 heteroatoms. The van der Waals surface area contributed by atoms with E-state index in [1.807, 2.05) is 0 Å². The molecule has 0 aliphatic carbocycles. The molecule has 31 heavy (non-hydrogen) atoms. The molecule has 0 aromatic heterocycles. The smallest absolute Gasteiger partial charge is 0.219 e. The minimum absolute atomic E-state index is 0.0550. The van der Waals surface area contributed by atoms with Crippen LogP contribution < -0.4 is 5.32 Å². The zero-order valence-electron chi connectivity index (χ0n) is 20.4. The molecule has 0 fully saturated rings. The number of quaternary nitrogens is 1. The average molecular weight is 461 g/mol. The zero-order chi connectivity index (χ0) is 23.4. The third-order valence-electron chi connectivity index (χ3n) is 5.44. The lowest BCUT2D eigenvalue weighted by atomic mass is 10.1. The first kappa shape index (κ1) is 30.1. The second-order valence-corrected chi connectivity index (χ2v) is 10.8. The van der Waals surface area contributed by atoms with E-state index in [0.717, 1.165) is 12.8 Å². The number of carbonyl (C=O) groups is 1. The molecule has 0 saturated carbocycles. The maximum atomic E-state index is 11.9. The minimum Gasteiger partial charge on any atom is -0.744 e. The van der Waals surface area contributed by atoms with E-state index in [1.165, 1.54) is 70.6 Å². The lowest BCUT2D eigenvalue weighted by Gasteiger charge is -2.30. The molecule has 0 unspecified atom stereocenters. The van der Waals surface area contributed by atoms with Crippen LogP contribution in [-0.4, -0.2) is 56.4 Å². The van der Waals surface area contributed by atoms with Gasteiger partial charge in [-0.25, -0.2) is 8.42 Å². The highest BCUT2D eigenvalue weighted by Crippen LogP contribution is 2.10. The highest BCUT2D eigenvalue weighted by atomic mass is 32.2. The van der Waals surface area contributed by atoms with Gasteiger partial charge in [0.05, 0.1) is 20.6 Å². The summed E-state index contributed by atoms with van der Waals surface area (Å²) in [4.78, 5) is 11.9. The molecule has 0 aromatic rings. The second kappa shape index (κ2) is 18.6. The molecule has 1 N–H and O–H groups in total. The van der Waals surface area contributed by atoms with Crippen LogP contribution in [0, 0.1) is 0 Å². The van der Waals surface area contributed by atoms with Gasteiger partial charge in [-0.2, -0.15) is 0 Å². The summed E-state index contributed by atoms with van der Waals surface area (Å²) < 4.78 is 32.7. The van der Waals surface area contributed by atoms with E-state index in [-0.39, 0.29) is 10.4 Å². The Kier molecular flexibility index (Phi) is 18.1. The number of hydrogen-bond donors (Lipinski definition) is 1. The van der Waals surface area contributed by atoms with E-state index in [2.05, 4.69) is 24.4 Å². The molecule has 184 valence electrons. The first-order valence-electron chi connectivity index (χ1n) is 12.3. The Bertz CT molecular complexity index is 574. The number of amides is 1. The van der Waals surface area contributed by atoms with Crippen molar-refractivity contribution < 1.29 is 22.2 Å². The molecule has 6 nitrogen and oxygen atoms in total. The predicted molar refractivity (Wildman–Crippen MR) is 129 cm³/mol. The predicted octanol–water partition coefficient (Wildman–Crippen LogP) is 5.11. The maximum absolute atomic E-state index is 11.9. The highest BCUT2D eigenvalue weighted by Gasteiger charge is 2.18. The van der Waals surface area contributed by atoms with Crippen LogP contribution in [0.3, 0.4) is 0 Å². The standard InChI is InChI=1S/C24H48N2O4S/c1-4-5-6-7-8-9-10-11-12-13-14-15-16-17-18-20-24(27)25-21-19-22-26(2,3)23-31(28,29)30/h11-12H,4-10,13-23H2,1-3H3,(H-,25,27,28,29,30)/b12-11-. The van der Waals surface area contributed by atoms with Crippen LogP contribution in [0.25, 0.3) is 0 Å². The van der Waals surface area contributed by atoms with E-state index >= 15 is 0 Å². The third kappa shape index (κ3) is 23.6. The van der Waals surface area contributed by atoms with E-state index < -0.39 is 16.0 Å². The fraction of sp³-hybridized carbons (Fsp3) is 0.875. The van der Waals surface area contributed by atoms with Gasteiger partial charge in [-0.3, -0.25) is 4.79 Å². The van der Waals surface area contributed by atoms with Crippen molar-refractivity contribution >= 4 is 16.0 Å². The van der Waals surface area contributed by atoms with Crippen molar-refractivity contribution in [3.63, 3.8) is 0 Å². The monoisotopic (exact) mass is 460 g/mol. The van der Waals surface area contributed by atoms with E-state index in [9.17, 15) is 17.8 Å². The van der Waals surface area contributed by atoms with E-state index in [0.29, 0.717) is 25.9 Å². The Hall–Kier alpha value is -0.920. The minimum atomic E-state index is -4.24. The van der Waals surface area contributed by atoms with Crippen LogP contribution in [0.2, 0.25) is 0 Å². The van der Waals surface area contributed by atoms with Crippen molar-refractivity contribution in [1.82, 2.24) is 5.32 Å². The molecule has 0 bridgehead atoms. The van der Waals surface area contributed by atoms with Crippen molar-refractivity contribution in [2.45, 2.75) is 103 Å². The number of unbranched alkanes of at least 4 members (excludes halogenated alkanes) is 11. The SMILES string of the molecule is CCCCCCCC/C=C\CCCCCCCC(=O)NCCC[N+](C)(C)CS(=O)(=O)[O-]. The van der Waals surface area contributed by atoms with Gasteiger partial charge in [-0.05, 0) is 32.1 Å². The Morgan fingerprint density at radius 2 is 1.35 bits per heavy atom. The van der Waals surface area contributed by atoms with Crippen molar-refractivity contribution in [1.29, 1.82) is 0 Å². The van der Waals surface area contributed by atoms with Crippen LogP contribution in [0.15, 0.2) is 12.2 Å². The summed E-state index contributed by atoms with van der Waals surface area (Å²) in [6.07, 6.45) is 22.0. The molecule has 0 aromatic carbocycles. The first-order chi connectivity index (χ1) is 14.7. The van der Waals surface area contributed by atoms with Gasteiger partial charge in [-0.1, -0.05) is 70.4 Å². The average Bonchev–Trinajstić information content (AvgIpc) is 2.66. The fourth-order valence-electron chi connectivity index (χ4n) is 3.67. The Morgan fingerprint density at radius 3 is 1.90 bits per heavy atom. The molecule has 0 spiro atoms. The lowest BCUT2D eigenvalue weighted by Crippen LogP contribution is -2.45. The summed E-state index contributed by atoms with van der Waals surface area (Å²) in [7, 11) is -0.815. The normalized spacial score (nSPS) is 12.5. The van der Waals surface area contributed by atoms with Gasteiger partial charge in [0.25, 0.3) is 0 Å². The lowest BCUT2D eigenvalue weighted by molar-refractivity contribution is -0.878. The maximum Gasteiger partial charge on any atom is 0.219 e. The Morgan fingerprint density at radius 1 is 0.839 bits per heavy atom. The highest BCUT2D eigenvalue weighted by molar-refractivity contribution is 7.85. The summed E-state index contributed by atoms with van der Waals surface area (Å²) in [5.41, 5.74) is 0. The van der Waals surface area contributed by atoms with Crippen molar-refractivity contribution in [2.75, 3.05) is 33.1 Å². The van der Waals surface area contributed by atoms with Gasteiger partial charge in [-0.15, -0.1) is 0 Å².